The van der Waals surface area contributed by atoms with E-state index in [1.165, 1.54) is 0 Å². The van der Waals surface area contributed by atoms with Crippen molar-refractivity contribution in [1.82, 2.24) is 20.4 Å². The predicted molar refractivity (Wildman–Crippen MR) is 103 cm³/mol. The molecule has 1 atom stereocenters. The molecule has 1 aromatic carbocycles. The van der Waals surface area contributed by atoms with Crippen molar-refractivity contribution in [3.05, 3.63) is 47.3 Å². The number of aromatic nitrogens is 2. The molecule has 0 saturated carbocycles. The lowest BCUT2D eigenvalue weighted by molar-refractivity contribution is 0.238. The quantitative estimate of drug-likeness (QED) is 0.722. The molecule has 1 unspecified atom stereocenters. The average Bonchev–Trinajstić information content (AvgIpc) is 2.94. The summed E-state index contributed by atoms with van der Waals surface area (Å²) in [6.45, 7) is 10.8. The predicted octanol–water partition coefficient (Wildman–Crippen LogP) is 3.42. The highest BCUT2D eigenvalue weighted by Crippen LogP contribution is 2.12. The minimum absolute atomic E-state index is 0.156. The van der Waals surface area contributed by atoms with Crippen molar-refractivity contribution in [3.8, 4) is 5.75 Å². The number of hydrogen-bond acceptors (Lipinski definition) is 3. The van der Waals surface area contributed by atoms with Gasteiger partial charge < -0.3 is 15.4 Å². The highest BCUT2D eigenvalue weighted by Gasteiger charge is 2.09. The van der Waals surface area contributed by atoms with E-state index in [1.54, 1.807) is 0 Å². The number of urea groups is 1. The van der Waals surface area contributed by atoms with Gasteiger partial charge in [-0.25, -0.2) is 4.79 Å². The molecule has 0 radical (unpaired) electrons. The van der Waals surface area contributed by atoms with E-state index in [9.17, 15) is 4.79 Å². The highest BCUT2D eigenvalue weighted by atomic mass is 16.5. The van der Waals surface area contributed by atoms with Gasteiger partial charge in [0.05, 0.1) is 12.3 Å². The second-order valence-electron chi connectivity index (χ2n) is 6.77. The fourth-order valence-electron chi connectivity index (χ4n) is 2.65. The first-order chi connectivity index (χ1) is 12.5. The molecule has 1 heterocycles. The van der Waals surface area contributed by atoms with E-state index in [0.29, 0.717) is 19.0 Å². The molecule has 6 nitrogen and oxygen atoms in total. The van der Waals surface area contributed by atoms with Crippen molar-refractivity contribution in [3.63, 3.8) is 0 Å². The van der Waals surface area contributed by atoms with Gasteiger partial charge in [0.1, 0.15) is 5.75 Å². The molecule has 26 heavy (non-hydrogen) atoms. The Morgan fingerprint density at radius 3 is 2.58 bits per heavy atom. The third-order valence-electron chi connectivity index (χ3n) is 4.05. The largest absolute Gasteiger partial charge is 0.494 e. The number of hydrogen-bond donors (Lipinski definition) is 2. The summed E-state index contributed by atoms with van der Waals surface area (Å²) in [7, 11) is 0. The van der Waals surface area contributed by atoms with Crippen molar-refractivity contribution in [2.24, 2.45) is 5.92 Å². The van der Waals surface area contributed by atoms with Gasteiger partial charge in [0, 0.05) is 25.3 Å². The van der Waals surface area contributed by atoms with Gasteiger partial charge in [-0.2, -0.15) is 5.10 Å². The van der Waals surface area contributed by atoms with Crippen LogP contribution in [0.5, 0.6) is 5.75 Å². The van der Waals surface area contributed by atoms with Crippen LogP contribution in [0.1, 0.15) is 37.2 Å². The minimum Gasteiger partial charge on any atom is -0.494 e. The summed E-state index contributed by atoms with van der Waals surface area (Å²) in [5, 5.41) is 10.3. The summed E-state index contributed by atoms with van der Waals surface area (Å²) in [5.41, 5.74) is 3.20. The molecule has 2 amide bonds. The number of carbonyl (C=O) groups is 1. The van der Waals surface area contributed by atoms with Gasteiger partial charge >= 0.3 is 6.03 Å². The molecular formula is C20H30N4O2. The summed E-state index contributed by atoms with van der Waals surface area (Å²) in [5.74, 6) is 1.16. The van der Waals surface area contributed by atoms with Crippen molar-refractivity contribution < 1.29 is 9.53 Å². The van der Waals surface area contributed by atoms with E-state index in [1.807, 2.05) is 42.8 Å². The maximum atomic E-state index is 12.0. The fourth-order valence-corrected chi connectivity index (χ4v) is 2.65. The number of carbonyl (C=O) groups excluding carboxylic acids is 1. The van der Waals surface area contributed by atoms with E-state index in [4.69, 9.17) is 4.74 Å². The van der Waals surface area contributed by atoms with Gasteiger partial charge in [-0.05, 0) is 49.9 Å². The topological polar surface area (TPSA) is 68.2 Å². The van der Waals surface area contributed by atoms with Crippen LogP contribution < -0.4 is 15.4 Å². The number of benzene rings is 1. The molecule has 1 aromatic heterocycles. The number of amides is 2. The zero-order valence-electron chi connectivity index (χ0n) is 16.2. The molecule has 0 aliphatic carbocycles. The Kier molecular flexibility index (Phi) is 7.51. The van der Waals surface area contributed by atoms with Gasteiger partial charge in [-0.1, -0.05) is 26.0 Å². The Hall–Kier alpha value is -2.50. The SMILES string of the molecule is CCCOc1ccc(CNC(=O)NCC(C)Cn2nc(C)cc2C)cc1. The molecule has 0 aliphatic heterocycles. The molecule has 0 spiro atoms. The van der Waals surface area contributed by atoms with Crippen LogP contribution in [0.3, 0.4) is 0 Å². The smallest absolute Gasteiger partial charge is 0.315 e. The first kappa shape index (κ1) is 19.8. The van der Waals surface area contributed by atoms with Crippen molar-refractivity contribution in [1.29, 1.82) is 0 Å². The lowest BCUT2D eigenvalue weighted by Gasteiger charge is -2.14. The molecular weight excluding hydrogens is 328 g/mol. The van der Waals surface area contributed by atoms with Crippen LogP contribution in [0.2, 0.25) is 0 Å². The Morgan fingerprint density at radius 2 is 1.96 bits per heavy atom. The van der Waals surface area contributed by atoms with Crippen molar-refractivity contribution in [2.45, 2.75) is 47.2 Å². The maximum Gasteiger partial charge on any atom is 0.315 e. The van der Waals surface area contributed by atoms with Crippen LogP contribution in [0.4, 0.5) is 4.79 Å². The molecule has 6 heteroatoms. The zero-order valence-corrected chi connectivity index (χ0v) is 16.2. The Bertz CT molecular complexity index is 694. The van der Waals surface area contributed by atoms with Gasteiger partial charge in [-0.3, -0.25) is 4.68 Å². The third-order valence-corrected chi connectivity index (χ3v) is 4.05. The zero-order chi connectivity index (χ0) is 18.9. The third kappa shape index (κ3) is 6.43. The number of aryl methyl sites for hydroxylation is 2. The van der Waals surface area contributed by atoms with Crippen LogP contribution in [-0.2, 0) is 13.1 Å². The van der Waals surface area contributed by atoms with Crippen LogP contribution in [0.25, 0.3) is 0 Å². The van der Waals surface area contributed by atoms with Gasteiger partial charge in [-0.15, -0.1) is 0 Å². The van der Waals surface area contributed by atoms with Crippen molar-refractivity contribution >= 4 is 6.03 Å². The second kappa shape index (κ2) is 9.85. The lowest BCUT2D eigenvalue weighted by atomic mass is 10.2. The minimum atomic E-state index is -0.156. The van der Waals surface area contributed by atoms with E-state index >= 15 is 0 Å². The van der Waals surface area contributed by atoms with Crippen molar-refractivity contribution in [2.75, 3.05) is 13.2 Å². The summed E-state index contributed by atoms with van der Waals surface area (Å²) in [6.07, 6.45) is 0.988. The van der Waals surface area contributed by atoms with Crippen LogP contribution in [-0.4, -0.2) is 29.0 Å². The molecule has 0 bridgehead atoms. The van der Waals surface area contributed by atoms with Crippen LogP contribution in [0.15, 0.2) is 30.3 Å². The van der Waals surface area contributed by atoms with E-state index < -0.39 is 0 Å². The molecule has 142 valence electrons. The van der Waals surface area contributed by atoms with E-state index in [2.05, 4.69) is 35.6 Å². The van der Waals surface area contributed by atoms with Gasteiger partial charge in [0.25, 0.3) is 0 Å². The summed E-state index contributed by atoms with van der Waals surface area (Å²) in [6, 6.07) is 9.71. The number of rotatable bonds is 9. The fraction of sp³-hybridized carbons (Fsp3) is 0.500. The second-order valence-corrected chi connectivity index (χ2v) is 6.77. The van der Waals surface area contributed by atoms with E-state index in [0.717, 1.165) is 42.3 Å². The first-order valence-corrected chi connectivity index (χ1v) is 9.22. The maximum absolute atomic E-state index is 12.0. The molecule has 0 saturated heterocycles. The molecule has 2 N–H and O–H groups in total. The normalized spacial score (nSPS) is 11.8. The Labute approximate surface area is 155 Å². The number of nitrogens with one attached hydrogen (secondary N) is 2. The number of nitrogens with zero attached hydrogens (tertiary/aromatic N) is 2. The first-order valence-electron chi connectivity index (χ1n) is 9.22. The van der Waals surface area contributed by atoms with Crippen LogP contribution >= 0.6 is 0 Å². The summed E-state index contributed by atoms with van der Waals surface area (Å²) in [4.78, 5) is 12.0. The molecule has 0 aliphatic rings. The average molecular weight is 358 g/mol. The Morgan fingerprint density at radius 1 is 1.23 bits per heavy atom. The number of ether oxygens (including phenoxy) is 1. The molecule has 2 rings (SSSR count). The highest BCUT2D eigenvalue weighted by molar-refractivity contribution is 5.73. The molecule has 0 fully saturated rings. The van der Waals surface area contributed by atoms with Crippen LogP contribution in [0, 0.1) is 19.8 Å². The monoisotopic (exact) mass is 358 g/mol. The standard InChI is InChI=1S/C20H30N4O2/c1-5-10-26-19-8-6-18(7-9-19)13-22-20(25)21-12-15(2)14-24-17(4)11-16(3)23-24/h6-9,11,15H,5,10,12-14H2,1-4H3,(H2,21,22,25). The van der Waals surface area contributed by atoms with Gasteiger partial charge in [0.15, 0.2) is 0 Å². The lowest BCUT2D eigenvalue weighted by Crippen LogP contribution is -2.38. The molecule has 2 aromatic rings. The van der Waals surface area contributed by atoms with Gasteiger partial charge in [0.2, 0.25) is 0 Å². The Balaban J connectivity index is 1.69. The summed E-state index contributed by atoms with van der Waals surface area (Å²) < 4.78 is 7.54. The van der Waals surface area contributed by atoms with E-state index in [-0.39, 0.29) is 6.03 Å². The summed E-state index contributed by atoms with van der Waals surface area (Å²) >= 11 is 0.